The van der Waals surface area contributed by atoms with Gasteiger partial charge in [-0.2, -0.15) is 0 Å². The molecule has 1 fully saturated rings. The van der Waals surface area contributed by atoms with E-state index in [-0.39, 0.29) is 12.8 Å². The molecular formula is C19H22N2O4S. The minimum Gasteiger partial charge on any atom is -0.457 e. The van der Waals surface area contributed by atoms with Crippen molar-refractivity contribution in [2.24, 2.45) is 0 Å². The lowest BCUT2D eigenvalue weighted by molar-refractivity contribution is -0.119. The normalized spacial score (nSPS) is 16.7. The zero-order valence-electron chi connectivity index (χ0n) is 14.6. The molecule has 0 aromatic heterocycles. The van der Waals surface area contributed by atoms with Crippen LogP contribution in [0, 0.1) is 0 Å². The van der Waals surface area contributed by atoms with E-state index in [1.54, 1.807) is 24.3 Å². The van der Waals surface area contributed by atoms with E-state index in [1.807, 2.05) is 30.3 Å². The molecule has 0 unspecified atom stereocenters. The smallest absolute Gasteiger partial charge is 0.245 e. The average Bonchev–Trinajstić information content (AvgIpc) is 2.62. The Labute approximate surface area is 153 Å². The number of hydrogen-bond acceptors (Lipinski definition) is 5. The van der Waals surface area contributed by atoms with Gasteiger partial charge in [-0.1, -0.05) is 24.3 Å². The summed E-state index contributed by atoms with van der Waals surface area (Å²) in [4.78, 5) is 12.8. The molecule has 1 amide bonds. The quantitative estimate of drug-likeness (QED) is 0.840. The molecule has 0 radical (unpaired) electrons. The van der Waals surface area contributed by atoms with E-state index in [4.69, 9.17) is 4.74 Å². The molecule has 1 heterocycles. The van der Waals surface area contributed by atoms with Gasteiger partial charge in [0.25, 0.3) is 0 Å². The van der Waals surface area contributed by atoms with Gasteiger partial charge in [0.1, 0.15) is 11.5 Å². The Morgan fingerprint density at radius 2 is 1.69 bits per heavy atom. The molecule has 0 spiro atoms. The van der Waals surface area contributed by atoms with Crippen LogP contribution < -0.4 is 15.4 Å². The summed E-state index contributed by atoms with van der Waals surface area (Å²) < 4.78 is 29.0. The lowest BCUT2D eigenvalue weighted by atomic mass is 9.95. The van der Waals surface area contributed by atoms with Crippen molar-refractivity contribution in [3.05, 3.63) is 54.6 Å². The number of rotatable bonds is 5. The maximum absolute atomic E-state index is 12.8. The second kappa shape index (κ2) is 7.47. The summed E-state index contributed by atoms with van der Waals surface area (Å²) in [5.74, 6) is 0.757. The number of nitrogens with one attached hydrogen (secondary N) is 2. The van der Waals surface area contributed by atoms with Crippen LogP contribution in [0.4, 0.5) is 5.69 Å². The van der Waals surface area contributed by atoms with Crippen LogP contribution in [0.25, 0.3) is 0 Å². The van der Waals surface area contributed by atoms with E-state index in [0.717, 1.165) is 6.26 Å². The van der Waals surface area contributed by atoms with Crippen molar-refractivity contribution in [3.63, 3.8) is 0 Å². The summed E-state index contributed by atoms with van der Waals surface area (Å²) in [5, 5.41) is 5.86. The molecule has 1 aliphatic heterocycles. The zero-order valence-corrected chi connectivity index (χ0v) is 15.4. The largest absolute Gasteiger partial charge is 0.457 e. The summed E-state index contributed by atoms with van der Waals surface area (Å²) in [5.41, 5.74) is 0.505. The molecule has 2 N–H and O–H groups in total. The number of para-hydroxylation sites is 1. The van der Waals surface area contributed by atoms with Crippen LogP contribution in [0.3, 0.4) is 0 Å². The topological polar surface area (TPSA) is 84.5 Å². The minimum atomic E-state index is -3.55. The van der Waals surface area contributed by atoms with Gasteiger partial charge in [-0.15, -0.1) is 0 Å². The van der Waals surface area contributed by atoms with E-state index in [1.165, 1.54) is 0 Å². The van der Waals surface area contributed by atoms with Crippen molar-refractivity contribution in [2.45, 2.75) is 17.6 Å². The van der Waals surface area contributed by atoms with Crippen LogP contribution in [-0.4, -0.2) is 38.4 Å². The third kappa shape index (κ3) is 3.89. The lowest BCUT2D eigenvalue weighted by Gasteiger charge is -2.34. The Balaban J connectivity index is 1.79. The summed E-state index contributed by atoms with van der Waals surface area (Å²) in [6.45, 7) is 0.995. The Kier molecular flexibility index (Phi) is 5.29. The molecule has 3 rings (SSSR count). The van der Waals surface area contributed by atoms with Crippen molar-refractivity contribution >= 4 is 21.4 Å². The minimum absolute atomic E-state index is 0.262. The Morgan fingerprint density at radius 1 is 1.04 bits per heavy atom. The molecule has 0 aliphatic carbocycles. The van der Waals surface area contributed by atoms with Gasteiger partial charge in [0.15, 0.2) is 14.6 Å². The first kappa shape index (κ1) is 18.4. The second-order valence-corrected chi connectivity index (χ2v) is 8.74. The third-order valence-electron chi connectivity index (χ3n) is 4.61. The van der Waals surface area contributed by atoms with Crippen LogP contribution in [0.15, 0.2) is 54.6 Å². The molecule has 1 saturated heterocycles. The van der Waals surface area contributed by atoms with Crippen LogP contribution >= 0.6 is 0 Å². The molecule has 7 heteroatoms. The fraction of sp³-hybridized carbons (Fsp3) is 0.316. The van der Waals surface area contributed by atoms with Gasteiger partial charge in [-0.25, -0.2) is 8.42 Å². The van der Waals surface area contributed by atoms with E-state index in [9.17, 15) is 13.2 Å². The number of anilines is 1. The predicted molar refractivity (Wildman–Crippen MR) is 101 cm³/mol. The highest BCUT2D eigenvalue weighted by Crippen LogP contribution is 2.30. The van der Waals surface area contributed by atoms with Gasteiger partial charge in [-0.05, 0) is 50.2 Å². The summed E-state index contributed by atoms with van der Waals surface area (Å²) in [7, 11) is -3.55. The van der Waals surface area contributed by atoms with E-state index < -0.39 is 20.5 Å². The summed E-state index contributed by atoms with van der Waals surface area (Å²) in [6.07, 6.45) is 1.66. The third-order valence-corrected chi connectivity index (χ3v) is 6.62. The first-order valence-electron chi connectivity index (χ1n) is 8.45. The Bertz CT molecular complexity index is 875. The van der Waals surface area contributed by atoms with Crippen LogP contribution in [-0.2, 0) is 14.6 Å². The average molecular weight is 374 g/mol. The van der Waals surface area contributed by atoms with Crippen LogP contribution in [0.1, 0.15) is 12.8 Å². The highest BCUT2D eigenvalue weighted by Gasteiger charge is 2.48. The van der Waals surface area contributed by atoms with Crippen molar-refractivity contribution in [1.82, 2.24) is 5.32 Å². The van der Waals surface area contributed by atoms with Gasteiger partial charge in [0.2, 0.25) is 5.91 Å². The number of benzene rings is 2. The number of carbonyl (C=O) groups excluding carboxylic acids is 1. The van der Waals surface area contributed by atoms with Gasteiger partial charge in [0.05, 0.1) is 0 Å². The number of sulfone groups is 1. The van der Waals surface area contributed by atoms with Crippen LogP contribution in [0.5, 0.6) is 11.5 Å². The first-order valence-corrected chi connectivity index (χ1v) is 10.3. The summed E-state index contributed by atoms with van der Waals surface area (Å²) >= 11 is 0. The summed E-state index contributed by atoms with van der Waals surface area (Å²) in [6, 6.07) is 16.2. The van der Waals surface area contributed by atoms with Gasteiger partial charge in [-0.3, -0.25) is 4.79 Å². The van der Waals surface area contributed by atoms with Crippen molar-refractivity contribution in [1.29, 1.82) is 0 Å². The van der Waals surface area contributed by atoms with Crippen molar-refractivity contribution in [3.8, 4) is 11.5 Å². The Morgan fingerprint density at radius 3 is 2.35 bits per heavy atom. The standard InChI is InChI=1S/C19H22N2O4S/c1-26(23,24)19(10-12-20-13-11-19)18(22)21-15-6-5-9-17(14-15)25-16-7-3-2-4-8-16/h2-9,14,20H,10-13H2,1H3,(H,21,22). The molecule has 2 aromatic carbocycles. The fourth-order valence-electron chi connectivity index (χ4n) is 3.10. The molecule has 138 valence electrons. The molecule has 26 heavy (non-hydrogen) atoms. The molecule has 0 atom stereocenters. The maximum atomic E-state index is 12.8. The first-order chi connectivity index (χ1) is 12.4. The predicted octanol–water partition coefficient (Wildman–Crippen LogP) is 2.58. The zero-order chi connectivity index (χ0) is 18.6. The SMILES string of the molecule is CS(=O)(=O)C1(C(=O)Nc2cccc(Oc3ccccc3)c2)CCNCC1. The molecule has 2 aromatic rings. The molecule has 1 aliphatic rings. The Hall–Kier alpha value is -2.38. The van der Waals surface area contributed by atoms with E-state index >= 15 is 0 Å². The second-order valence-electron chi connectivity index (χ2n) is 6.41. The number of hydrogen-bond donors (Lipinski definition) is 2. The fourth-order valence-corrected chi connectivity index (χ4v) is 4.44. The number of amides is 1. The number of carbonyl (C=O) groups is 1. The highest BCUT2D eigenvalue weighted by atomic mass is 32.2. The van der Waals surface area contributed by atoms with E-state index in [2.05, 4.69) is 10.6 Å². The molecule has 6 nitrogen and oxygen atoms in total. The molecule has 0 bridgehead atoms. The number of piperidine rings is 1. The van der Waals surface area contributed by atoms with Gasteiger partial charge < -0.3 is 15.4 Å². The molecular weight excluding hydrogens is 352 g/mol. The monoisotopic (exact) mass is 374 g/mol. The molecule has 0 saturated carbocycles. The lowest BCUT2D eigenvalue weighted by Crippen LogP contribution is -2.55. The van der Waals surface area contributed by atoms with Gasteiger partial charge >= 0.3 is 0 Å². The number of ether oxygens (including phenoxy) is 1. The maximum Gasteiger partial charge on any atom is 0.245 e. The highest BCUT2D eigenvalue weighted by molar-refractivity contribution is 7.92. The van der Waals surface area contributed by atoms with Crippen LogP contribution in [0.2, 0.25) is 0 Å². The van der Waals surface area contributed by atoms with Crippen molar-refractivity contribution < 1.29 is 17.9 Å². The van der Waals surface area contributed by atoms with Crippen molar-refractivity contribution in [2.75, 3.05) is 24.7 Å². The van der Waals surface area contributed by atoms with E-state index in [0.29, 0.717) is 30.3 Å². The van der Waals surface area contributed by atoms with Gasteiger partial charge in [0, 0.05) is 18.0 Å².